The van der Waals surface area contributed by atoms with E-state index in [1.807, 2.05) is 54.6 Å². The van der Waals surface area contributed by atoms with Crippen LogP contribution in [0.1, 0.15) is 51.5 Å². The van der Waals surface area contributed by atoms with Crippen LogP contribution in [0.5, 0.6) is 0 Å². The zero-order valence-electron chi connectivity index (χ0n) is 26.7. The van der Waals surface area contributed by atoms with Crippen molar-refractivity contribution in [2.24, 2.45) is 22.1 Å². The zero-order chi connectivity index (χ0) is 33.4. The Bertz CT molecular complexity index is 1600. The topological polar surface area (TPSA) is 160 Å². The summed E-state index contributed by atoms with van der Waals surface area (Å²) < 4.78 is 7.43. The second-order valence-electron chi connectivity index (χ2n) is 11.7. The van der Waals surface area contributed by atoms with Gasteiger partial charge in [-0.15, -0.1) is 5.10 Å². The molecular formula is C33H40N8O5. The smallest absolute Gasteiger partial charge is 0.326 e. The number of aromatic nitrogens is 3. The molecule has 4 rings (SSSR count). The van der Waals surface area contributed by atoms with Crippen LogP contribution in [-0.2, 0) is 30.5 Å². The van der Waals surface area contributed by atoms with Crippen LogP contribution in [0, 0.1) is 11.8 Å². The number of carbonyl (C=O) groups is 4. The summed E-state index contributed by atoms with van der Waals surface area (Å²) in [6.07, 6.45) is 0.606. The maximum absolute atomic E-state index is 13.1. The SMILES string of the molecule is C=C1CC(=O)N[C@@H](C)C(=O)N(C)C(C(C)C)C(=O)NCC(=O)OC(c2cn(Cc3cccc(N=Nc4ccccc4)c3)nn2)[C@@H]1C. The van der Waals surface area contributed by atoms with Gasteiger partial charge in [0, 0.05) is 19.4 Å². The molecule has 0 bridgehead atoms. The monoisotopic (exact) mass is 628 g/mol. The highest BCUT2D eigenvalue weighted by Crippen LogP contribution is 2.31. The van der Waals surface area contributed by atoms with Gasteiger partial charge in [0.05, 0.1) is 24.1 Å². The average Bonchev–Trinajstić information content (AvgIpc) is 3.48. The first-order valence-electron chi connectivity index (χ1n) is 15.1. The van der Waals surface area contributed by atoms with E-state index in [1.54, 1.807) is 38.6 Å². The molecule has 1 saturated heterocycles. The normalized spacial score (nSPS) is 22.3. The predicted octanol–water partition coefficient (Wildman–Crippen LogP) is 4.03. The van der Waals surface area contributed by atoms with Crippen LogP contribution in [0.4, 0.5) is 11.4 Å². The first-order valence-corrected chi connectivity index (χ1v) is 15.1. The number of cyclic esters (lactones) is 1. The van der Waals surface area contributed by atoms with Gasteiger partial charge in [0.1, 0.15) is 24.3 Å². The first-order chi connectivity index (χ1) is 21.9. The average molecular weight is 629 g/mol. The maximum atomic E-state index is 13.1. The number of nitrogens with zero attached hydrogens (tertiary/aromatic N) is 6. The highest BCUT2D eigenvalue weighted by Gasteiger charge is 2.34. The van der Waals surface area contributed by atoms with E-state index in [9.17, 15) is 19.2 Å². The van der Waals surface area contributed by atoms with Crippen LogP contribution < -0.4 is 10.6 Å². The van der Waals surface area contributed by atoms with Crippen LogP contribution in [0.15, 0.2) is 83.2 Å². The fraction of sp³-hybridized carbons (Fsp3) is 0.394. The molecule has 2 aromatic carbocycles. The van der Waals surface area contributed by atoms with Gasteiger partial charge < -0.3 is 20.3 Å². The zero-order valence-corrected chi connectivity index (χ0v) is 26.7. The summed E-state index contributed by atoms with van der Waals surface area (Å²) in [4.78, 5) is 53.4. The van der Waals surface area contributed by atoms with Crippen molar-refractivity contribution in [2.45, 2.75) is 58.8 Å². The predicted molar refractivity (Wildman–Crippen MR) is 170 cm³/mol. The third-order valence-corrected chi connectivity index (χ3v) is 7.70. The van der Waals surface area contributed by atoms with Crippen LogP contribution in [0.25, 0.3) is 0 Å². The van der Waals surface area contributed by atoms with Gasteiger partial charge in [-0.25, -0.2) is 4.68 Å². The molecule has 2 heterocycles. The molecule has 3 amide bonds. The van der Waals surface area contributed by atoms with E-state index in [4.69, 9.17) is 4.74 Å². The maximum Gasteiger partial charge on any atom is 0.326 e. The molecule has 2 N–H and O–H groups in total. The molecule has 0 radical (unpaired) electrons. The Balaban J connectivity index is 1.55. The number of hydrogen-bond acceptors (Lipinski definition) is 9. The summed E-state index contributed by atoms with van der Waals surface area (Å²) in [6.45, 7) is 10.9. The molecule has 1 fully saturated rings. The largest absolute Gasteiger partial charge is 0.454 e. The number of esters is 1. The highest BCUT2D eigenvalue weighted by atomic mass is 16.5. The van der Waals surface area contributed by atoms with Crippen LogP contribution >= 0.6 is 0 Å². The molecule has 0 saturated carbocycles. The van der Waals surface area contributed by atoms with Gasteiger partial charge in [-0.2, -0.15) is 10.2 Å². The highest BCUT2D eigenvalue weighted by molar-refractivity contribution is 5.93. The lowest BCUT2D eigenvalue weighted by Gasteiger charge is -2.32. The van der Waals surface area contributed by atoms with E-state index in [2.05, 4.69) is 37.8 Å². The standard InChI is InChI=1S/C33H40N8O5/c1-20(2)30-32(44)34-17-29(43)46-31(22(4)21(3)15-28(42)35-23(5)33(45)40(30)6)27-19-41(39-38-27)18-24-11-10-14-26(16-24)37-36-25-12-8-7-9-13-25/h7-14,16,19-20,22-23,30-31H,3,15,17-18H2,1-2,4-6H3,(H,34,44)(H,35,42)/t22-,23+,30?,31?/m1/s1. The van der Waals surface area contributed by atoms with Gasteiger partial charge >= 0.3 is 5.97 Å². The molecule has 1 aromatic heterocycles. The fourth-order valence-electron chi connectivity index (χ4n) is 5.20. The minimum atomic E-state index is -0.947. The van der Waals surface area contributed by atoms with Crippen LogP contribution in [-0.4, -0.2) is 69.3 Å². The third-order valence-electron chi connectivity index (χ3n) is 7.70. The van der Waals surface area contributed by atoms with E-state index < -0.39 is 54.3 Å². The lowest BCUT2D eigenvalue weighted by molar-refractivity contribution is -0.152. The molecule has 3 aromatic rings. The van der Waals surface area contributed by atoms with E-state index in [0.29, 0.717) is 23.5 Å². The van der Waals surface area contributed by atoms with Crippen molar-refractivity contribution < 1.29 is 23.9 Å². The van der Waals surface area contributed by atoms with Crippen molar-refractivity contribution in [1.82, 2.24) is 30.5 Å². The van der Waals surface area contributed by atoms with Gasteiger partial charge in [0.2, 0.25) is 17.7 Å². The Morgan fingerprint density at radius 3 is 2.43 bits per heavy atom. The minimum absolute atomic E-state index is 0.111. The first kappa shape index (κ1) is 33.7. The molecule has 46 heavy (non-hydrogen) atoms. The Hall–Kier alpha value is -5.20. The summed E-state index contributed by atoms with van der Waals surface area (Å²) in [5.74, 6) is -2.91. The number of hydrogen-bond donors (Lipinski definition) is 2. The minimum Gasteiger partial charge on any atom is -0.454 e. The summed E-state index contributed by atoms with van der Waals surface area (Å²) in [7, 11) is 1.50. The molecule has 2 unspecified atom stereocenters. The molecule has 0 aliphatic carbocycles. The lowest BCUT2D eigenvalue weighted by atomic mass is 9.92. The van der Waals surface area contributed by atoms with Crippen molar-refractivity contribution >= 4 is 35.1 Å². The molecular weight excluding hydrogens is 588 g/mol. The number of benzene rings is 2. The van der Waals surface area contributed by atoms with Crippen LogP contribution in [0.2, 0.25) is 0 Å². The molecule has 0 spiro atoms. The number of azo groups is 1. The fourth-order valence-corrected chi connectivity index (χ4v) is 5.20. The van der Waals surface area contributed by atoms with E-state index in [0.717, 1.165) is 11.3 Å². The molecule has 1 aliphatic heterocycles. The summed E-state index contributed by atoms with van der Waals surface area (Å²) in [5, 5.41) is 22.4. The van der Waals surface area contributed by atoms with E-state index >= 15 is 0 Å². The number of rotatable bonds is 6. The van der Waals surface area contributed by atoms with Crippen molar-refractivity contribution in [3.8, 4) is 0 Å². The lowest BCUT2D eigenvalue weighted by Crippen LogP contribution is -2.55. The Morgan fingerprint density at radius 2 is 1.72 bits per heavy atom. The second-order valence-corrected chi connectivity index (χ2v) is 11.7. The van der Waals surface area contributed by atoms with E-state index in [-0.39, 0.29) is 12.3 Å². The Morgan fingerprint density at radius 1 is 1.02 bits per heavy atom. The van der Waals surface area contributed by atoms with Crippen molar-refractivity contribution in [3.63, 3.8) is 0 Å². The number of carbonyl (C=O) groups excluding carboxylic acids is 4. The quantitative estimate of drug-likeness (QED) is 0.237. The number of likely N-dealkylation sites (N-methyl/N-ethyl adjacent to an activating group) is 1. The molecule has 1 aliphatic rings. The van der Waals surface area contributed by atoms with Crippen LogP contribution in [0.3, 0.4) is 0 Å². The summed E-state index contributed by atoms with van der Waals surface area (Å²) in [5.41, 5.74) is 3.12. The molecule has 13 heteroatoms. The van der Waals surface area contributed by atoms with Crippen molar-refractivity contribution in [1.29, 1.82) is 0 Å². The molecule has 242 valence electrons. The van der Waals surface area contributed by atoms with Gasteiger partial charge in [-0.05, 0) is 42.7 Å². The van der Waals surface area contributed by atoms with Gasteiger partial charge in [-0.3, -0.25) is 19.2 Å². The van der Waals surface area contributed by atoms with Gasteiger partial charge in [-0.1, -0.05) is 68.5 Å². The van der Waals surface area contributed by atoms with Crippen molar-refractivity contribution in [3.05, 3.63) is 84.2 Å². The van der Waals surface area contributed by atoms with E-state index in [1.165, 1.54) is 11.9 Å². The molecule has 13 nitrogen and oxygen atoms in total. The summed E-state index contributed by atoms with van der Waals surface area (Å²) in [6, 6.07) is 15.2. The number of amides is 3. The van der Waals surface area contributed by atoms with Crippen molar-refractivity contribution in [2.75, 3.05) is 13.6 Å². The second kappa shape index (κ2) is 15.2. The third kappa shape index (κ3) is 8.71. The number of ether oxygens (including phenoxy) is 1. The summed E-state index contributed by atoms with van der Waals surface area (Å²) >= 11 is 0. The number of nitrogens with one attached hydrogen (secondary N) is 2. The van der Waals surface area contributed by atoms with Gasteiger partial charge in [0.25, 0.3) is 0 Å². The van der Waals surface area contributed by atoms with Gasteiger partial charge in [0.15, 0.2) is 6.10 Å². The molecule has 4 atom stereocenters. The Labute approximate surface area is 268 Å². The Kier molecular flexibility index (Phi) is 11.1.